The van der Waals surface area contributed by atoms with E-state index in [0.29, 0.717) is 41.9 Å². The summed E-state index contributed by atoms with van der Waals surface area (Å²) in [6, 6.07) is 7.72. The molecule has 7 nitrogen and oxygen atoms in total. The standard InChI is InChI=1S/C24H24F3N3O4/c1-14(13-31)30-12-16-4-6-18(11-20(16)29-23(30)33)28-22(32)9-15-3-2-8-34-21-10-17(24(25,26)27)5-7-19(15)21/h4-7,9-11,14,31H,2-3,8,12-13H2,1H3,(H,28,32)(H,29,33)/t14-/m0/s1. The number of hydrogen-bond acceptors (Lipinski definition) is 4. The highest BCUT2D eigenvalue weighted by Gasteiger charge is 2.32. The summed E-state index contributed by atoms with van der Waals surface area (Å²) in [6.07, 6.45) is -2.09. The number of hydrogen-bond donors (Lipinski definition) is 3. The molecular weight excluding hydrogens is 451 g/mol. The van der Waals surface area contributed by atoms with Crippen LogP contribution in [-0.4, -0.2) is 41.2 Å². The van der Waals surface area contributed by atoms with Gasteiger partial charge in [0, 0.05) is 29.6 Å². The van der Waals surface area contributed by atoms with Crippen LogP contribution >= 0.6 is 0 Å². The molecule has 0 aromatic heterocycles. The first kappa shape index (κ1) is 23.6. The van der Waals surface area contributed by atoms with E-state index >= 15 is 0 Å². The molecule has 0 saturated heterocycles. The van der Waals surface area contributed by atoms with Gasteiger partial charge in [0.15, 0.2) is 0 Å². The number of anilines is 2. The summed E-state index contributed by atoms with van der Waals surface area (Å²) in [5.74, 6) is -0.343. The average molecular weight is 475 g/mol. The SMILES string of the molecule is C[C@@H](CO)N1Cc2ccc(NC(=O)C=C3CCCOc4cc(C(F)(F)F)ccc43)cc2NC1=O. The van der Waals surface area contributed by atoms with E-state index < -0.39 is 17.6 Å². The fourth-order valence-corrected chi connectivity index (χ4v) is 3.95. The van der Waals surface area contributed by atoms with Crippen LogP contribution in [0.5, 0.6) is 5.75 Å². The summed E-state index contributed by atoms with van der Waals surface area (Å²) in [5.41, 5.74) is 2.09. The Labute approximate surface area is 194 Å². The molecule has 34 heavy (non-hydrogen) atoms. The summed E-state index contributed by atoms with van der Waals surface area (Å²) in [7, 11) is 0. The topological polar surface area (TPSA) is 90.9 Å². The van der Waals surface area contributed by atoms with E-state index in [1.165, 1.54) is 17.0 Å². The van der Waals surface area contributed by atoms with E-state index in [2.05, 4.69) is 10.6 Å². The number of urea groups is 1. The largest absolute Gasteiger partial charge is 0.493 e. The van der Waals surface area contributed by atoms with Crippen LogP contribution in [0.4, 0.5) is 29.3 Å². The van der Waals surface area contributed by atoms with E-state index in [4.69, 9.17) is 4.74 Å². The molecule has 0 bridgehead atoms. The van der Waals surface area contributed by atoms with Crippen molar-refractivity contribution in [2.75, 3.05) is 23.8 Å². The number of aliphatic hydroxyl groups excluding tert-OH is 1. The van der Waals surface area contributed by atoms with Crippen LogP contribution in [0, 0.1) is 0 Å². The third-order valence-corrected chi connectivity index (χ3v) is 5.83. The number of halogens is 3. The third-order valence-electron chi connectivity index (χ3n) is 5.83. The molecule has 3 N–H and O–H groups in total. The Hall–Kier alpha value is -3.53. The maximum atomic E-state index is 13.1. The first-order valence-corrected chi connectivity index (χ1v) is 10.8. The van der Waals surface area contributed by atoms with Crippen LogP contribution in [0.25, 0.3) is 5.57 Å². The van der Waals surface area contributed by atoms with Gasteiger partial charge < -0.3 is 25.4 Å². The minimum atomic E-state index is -4.49. The van der Waals surface area contributed by atoms with Crippen molar-refractivity contribution in [3.05, 3.63) is 59.2 Å². The maximum Gasteiger partial charge on any atom is 0.416 e. The van der Waals surface area contributed by atoms with E-state index in [-0.39, 0.29) is 31.0 Å². The molecule has 0 saturated carbocycles. The maximum absolute atomic E-state index is 13.1. The molecule has 0 spiro atoms. The molecule has 3 amide bonds. The smallest absolute Gasteiger partial charge is 0.416 e. The number of allylic oxidation sites excluding steroid dienone is 1. The highest BCUT2D eigenvalue weighted by atomic mass is 19.4. The molecule has 2 aliphatic heterocycles. The van der Waals surface area contributed by atoms with Crippen molar-refractivity contribution in [1.29, 1.82) is 0 Å². The van der Waals surface area contributed by atoms with Crippen LogP contribution in [-0.2, 0) is 17.5 Å². The number of fused-ring (bicyclic) bond motifs is 2. The second-order valence-corrected chi connectivity index (χ2v) is 8.28. The second-order valence-electron chi connectivity index (χ2n) is 8.28. The predicted octanol–water partition coefficient (Wildman–Crippen LogP) is 4.63. The molecule has 4 rings (SSSR count). The molecule has 0 fully saturated rings. The van der Waals surface area contributed by atoms with Crippen molar-refractivity contribution in [2.45, 2.75) is 38.5 Å². The Morgan fingerprint density at radius 2 is 2.09 bits per heavy atom. The average Bonchev–Trinajstić information content (AvgIpc) is 2.99. The Morgan fingerprint density at radius 3 is 2.82 bits per heavy atom. The van der Waals surface area contributed by atoms with Crippen LogP contribution in [0.1, 0.15) is 36.5 Å². The predicted molar refractivity (Wildman–Crippen MR) is 120 cm³/mol. The molecule has 0 radical (unpaired) electrons. The van der Waals surface area contributed by atoms with E-state index in [9.17, 15) is 27.9 Å². The zero-order chi connectivity index (χ0) is 24.5. The van der Waals surface area contributed by atoms with Gasteiger partial charge in [-0.2, -0.15) is 13.2 Å². The Kier molecular flexibility index (Phi) is 6.52. The Balaban J connectivity index is 1.53. The van der Waals surface area contributed by atoms with Gasteiger partial charge in [0.25, 0.3) is 0 Å². The van der Waals surface area contributed by atoms with E-state index in [1.54, 1.807) is 25.1 Å². The number of amides is 3. The van der Waals surface area contributed by atoms with Crippen molar-refractivity contribution in [3.63, 3.8) is 0 Å². The summed E-state index contributed by atoms with van der Waals surface area (Å²) >= 11 is 0. The molecule has 0 unspecified atom stereocenters. The first-order valence-electron chi connectivity index (χ1n) is 10.8. The highest BCUT2D eigenvalue weighted by molar-refractivity contribution is 6.05. The lowest BCUT2D eigenvalue weighted by molar-refractivity contribution is -0.137. The molecule has 2 aliphatic rings. The van der Waals surface area contributed by atoms with Gasteiger partial charge in [0.05, 0.1) is 24.8 Å². The Bertz CT molecular complexity index is 1150. The molecule has 2 aromatic rings. The van der Waals surface area contributed by atoms with Gasteiger partial charge in [-0.25, -0.2) is 4.79 Å². The molecule has 2 aromatic carbocycles. The molecule has 180 valence electrons. The number of ether oxygens (including phenoxy) is 1. The van der Waals surface area contributed by atoms with Crippen LogP contribution in [0.15, 0.2) is 42.5 Å². The summed E-state index contributed by atoms with van der Waals surface area (Å²) in [5, 5.41) is 14.8. The van der Waals surface area contributed by atoms with Gasteiger partial charge in [0.2, 0.25) is 5.91 Å². The number of carbonyl (C=O) groups excluding carboxylic acids is 2. The monoisotopic (exact) mass is 475 g/mol. The third kappa shape index (κ3) is 5.01. The number of nitrogens with one attached hydrogen (secondary N) is 2. The number of rotatable bonds is 4. The molecular formula is C24H24F3N3O4. The van der Waals surface area contributed by atoms with Crippen LogP contribution in [0.2, 0.25) is 0 Å². The summed E-state index contributed by atoms with van der Waals surface area (Å²) in [6.45, 7) is 2.17. The highest BCUT2D eigenvalue weighted by Crippen LogP contribution is 2.38. The number of aliphatic hydroxyl groups is 1. The normalized spacial score (nSPS) is 17.7. The fourth-order valence-electron chi connectivity index (χ4n) is 3.95. The zero-order valence-corrected chi connectivity index (χ0v) is 18.4. The van der Waals surface area contributed by atoms with Gasteiger partial charge in [-0.1, -0.05) is 12.1 Å². The van der Waals surface area contributed by atoms with Crippen LogP contribution < -0.4 is 15.4 Å². The number of carbonyl (C=O) groups is 2. The minimum absolute atomic E-state index is 0.101. The van der Waals surface area contributed by atoms with Crippen molar-refractivity contribution >= 4 is 28.9 Å². The Morgan fingerprint density at radius 1 is 1.29 bits per heavy atom. The second kappa shape index (κ2) is 9.38. The number of benzene rings is 2. The molecule has 0 aliphatic carbocycles. The molecule has 1 atom stereocenters. The molecule has 10 heteroatoms. The van der Waals surface area contributed by atoms with Gasteiger partial charge in [-0.15, -0.1) is 0 Å². The van der Waals surface area contributed by atoms with Crippen molar-refractivity contribution < 1.29 is 32.6 Å². The summed E-state index contributed by atoms with van der Waals surface area (Å²) < 4.78 is 44.7. The zero-order valence-electron chi connectivity index (χ0n) is 18.4. The lowest BCUT2D eigenvalue weighted by Gasteiger charge is -2.33. The quantitative estimate of drug-likeness (QED) is 0.563. The van der Waals surface area contributed by atoms with Crippen molar-refractivity contribution in [1.82, 2.24) is 4.90 Å². The van der Waals surface area contributed by atoms with E-state index in [0.717, 1.165) is 17.7 Å². The fraction of sp³-hybridized carbons (Fsp3) is 0.333. The number of alkyl halides is 3. The summed E-state index contributed by atoms with van der Waals surface area (Å²) in [4.78, 5) is 26.5. The van der Waals surface area contributed by atoms with Crippen molar-refractivity contribution in [3.8, 4) is 5.75 Å². The molecule has 2 heterocycles. The van der Waals surface area contributed by atoms with Crippen LogP contribution in [0.3, 0.4) is 0 Å². The lowest BCUT2D eigenvalue weighted by Crippen LogP contribution is -2.45. The van der Waals surface area contributed by atoms with Gasteiger partial charge >= 0.3 is 12.2 Å². The van der Waals surface area contributed by atoms with Gasteiger partial charge in [0.1, 0.15) is 5.75 Å². The first-order chi connectivity index (χ1) is 16.2. The van der Waals surface area contributed by atoms with Gasteiger partial charge in [-0.05, 0) is 55.2 Å². The van der Waals surface area contributed by atoms with Crippen molar-refractivity contribution in [2.24, 2.45) is 0 Å². The van der Waals surface area contributed by atoms with E-state index in [1.807, 2.05) is 0 Å². The number of nitrogens with zero attached hydrogens (tertiary/aromatic N) is 1. The lowest BCUT2D eigenvalue weighted by atomic mass is 9.99. The minimum Gasteiger partial charge on any atom is -0.493 e. The van der Waals surface area contributed by atoms with Gasteiger partial charge in [-0.3, -0.25) is 4.79 Å².